The van der Waals surface area contributed by atoms with Gasteiger partial charge in [0.25, 0.3) is 5.56 Å². The van der Waals surface area contributed by atoms with E-state index in [1.54, 1.807) is 7.05 Å². The maximum Gasteiger partial charge on any atom is 0.255 e. The Hall–Kier alpha value is -2.21. The standard InChI is InChI=1S/C13H14FN3O2/c1-15-6-8-7-16-12(17-13(8)18)10-5-9(14)3-4-11(10)19-2/h3-5,7,15H,6H2,1-2H3,(H,16,17,18). The van der Waals surface area contributed by atoms with Crippen molar-refractivity contribution in [1.29, 1.82) is 0 Å². The van der Waals surface area contributed by atoms with Crippen molar-refractivity contribution in [3.05, 3.63) is 46.1 Å². The molecule has 0 aliphatic rings. The molecule has 0 saturated heterocycles. The molecule has 0 amide bonds. The molecule has 0 bridgehead atoms. The van der Waals surface area contributed by atoms with Gasteiger partial charge in [-0.3, -0.25) is 4.79 Å². The quantitative estimate of drug-likeness (QED) is 0.872. The molecule has 0 aliphatic heterocycles. The van der Waals surface area contributed by atoms with Crippen LogP contribution >= 0.6 is 0 Å². The van der Waals surface area contributed by atoms with Crippen LogP contribution in [0.3, 0.4) is 0 Å². The minimum absolute atomic E-state index is 0.259. The van der Waals surface area contributed by atoms with E-state index in [0.717, 1.165) is 0 Å². The van der Waals surface area contributed by atoms with Gasteiger partial charge in [0.15, 0.2) is 0 Å². The summed E-state index contributed by atoms with van der Waals surface area (Å²) < 4.78 is 18.4. The van der Waals surface area contributed by atoms with E-state index in [4.69, 9.17) is 4.74 Å². The summed E-state index contributed by atoms with van der Waals surface area (Å²) in [6, 6.07) is 4.05. The first kappa shape index (κ1) is 13.2. The second-order valence-corrected chi connectivity index (χ2v) is 3.96. The molecule has 0 radical (unpaired) electrons. The number of aromatic amines is 1. The fraction of sp³-hybridized carbons (Fsp3) is 0.231. The molecule has 0 aliphatic carbocycles. The van der Waals surface area contributed by atoms with E-state index < -0.39 is 5.82 Å². The normalized spacial score (nSPS) is 10.5. The minimum Gasteiger partial charge on any atom is -0.496 e. The highest BCUT2D eigenvalue weighted by Gasteiger charge is 2.10. The van der Waals surface area contributed by atoms with E-state index in [1.807, 2.05) is 0 Å². The van der Waals surface area contributed by atoms with E-state index in [2.05, 4.69) is 15.3 Å². The maximum absolute atomic E-state index is 13.3. The summed E-state index contributed by atoms with van der Waals surface area (Å²) in [6.45, 7) is 0.420. The van der Waals surface area contributed by atoms with Crippen LogP contribution < -0.4 is 15.6 Å². The average Bonchev–Trinajstić information content (AvgIpc) is 2.41. The number of H-pyrrole nitrogens is 1. The smallest absolute Gasteiger partial charge is 0.255 e. The molecule has 100 valence electrons. The van der Waals surface area contributed by atoms with Gasteiger partial charge in [-0.1, -0.05) is 0 Å². The van der Waals surface area contributed by atoms with Crippen LogP contribution in [0.2, 0.25) is 0 Å². The van der Waals surface area contributed by atoms with Gasteiger partial charge < -0.3 is 15.0 Å². The summed E-state index contributed by atoms with van der Waals surface area (Å²) >= 11 is 0. The monoisotopic (exact) mass is 263 g/mol. The third-order valence-corrected chi connectivity index (χ3v) is 2.66. The van der Waals surface area contributed by atoms with Gasteiger partial charge in [-0.2, -0.15) is 0 Å². The number of aromatic nitrogens is 2. The van der Waals surface area contributed by atoms with Gasteiger partial charge in [-0.05, 0) is 25.2 Å². The Balaban J connectivity index is 2.50. The molecule has 2 rings (SSSR count). The number of rotatable bonds is 4. The van der Waals surface area contributed by atoms with Gasteiger partial charge in [0.05, 0.1) is 12.7 Å². The summed E-state index contributed by atoms with van der Waals surface area (Å²) in [5, 5.41) is 2.87. The van der Waals surface area contributed by atoms with Gasteiger partial charge in [0, 0.05) is 18.3 Å². The maximum atomic E-state index is 13.3. The van der Waals surface area contributed by atoms with Gasteiger partial charge >= 0.3 is 0 Å². The van der Waals surface area contributed by atoms with E-state index >= 15 is 0 Å². The van der Waals surface area contributed by atoms with Crippen molar-refractivity contribution in [3.8, 4) is 17.1 Å². The molecule has 0 atom stereocenters. The SMILES string of the molecule is CNCc1cnc(-c2cc(F)ccc2OC)[nH]c1=O. The molecule has 0 saturated carbocycles. The van der Waals surface area contributed by atoms with Crippen molar-refractivity contribution < 1.29 is 9.13 Å². The van der Waals surface area contributed by atoms with Crippen LogP contribution in [0.5, 0.6) is 5.75 Å². The Bertz CT molecular complexity index is 640. The Morgan fingerprint density at radius 1 is 1.47 bits per heavy atom. The van der Waals surface area contributed by atoms with Crippen LogP contribution in [0.15, 0.2) is 29.2 Å². The topological polar surface area (TPSA) is 67.0 Å². The number of hydrogen-bond donors (Lipinski definition) is 2. The van der Waals surface area contributed by atoms with Gasteiger partial charge in [0.1, 0.15) is 17.4 Å². The fourth-order valence-electron chi connectivity index (χ4n) is 1.74. The van der Waals surface area contributed by atoms with Crippen LogP contribution in [0.25, 0.3) is 11.4 Å². The van der Waals surface area contributed by atoms with Crippen molar-refractivity contribution in [3.63, 3.8) is 0 Å². The summed E-state index contributed by atoms with van der Waals surface area (Å²) in [4.78, 5) is 18.6. The van der Waals surface area contributed by atoms with E-state index in [9.17, 15) is 9.18 Å². The largest absolute Gasteiger partial charge is 0.496 e. The van der Waals surface area contributed by atoms with Gasteiger partial charge in [-0.15, -0.1) is 0 Å². The fourth-order valence-corrected chi connectivity index (χ4v) is 1.74. The van der Waals surface area contributed by atoms with Gasteiger partial charge in [0.2, 0.25) is 0 Å². The summed E-state index contributed by atoms with van der Waals surface area (Å²) in [7, 11) is 3.22. The first-order valence-electron chi connectivity index (χ1n) is 5.72. The predicted molar refractivity (Wildman–Crippen MR) is 69.6 cm³/mol. The number of nitrogens with zero attached hydrogens (tertiary/aromatic N) is 1. The molecule has 0 fully saturated rings. The molecular formula is C13H14FN3O2. The molecule has 1 aromatic heterocycles. The highest BCUT2D eigenvalue weighted by Crippen LogP contribution is 2.27. The molecule has 2 N–H and O–H groups in total. The molecule has 2 aromatic rings. The first-order valence-corrected chi connectivity index (χ1v) is 5.72. The average molecular weight is 263 g/mol. The van der Waals surface area contributed by atoms with Crippen LogP contribution in [0, 0.1) is 5.82 Å². The summed E-state index contributed by atoms with van der Waals surface area (Å²) in [5.74, 6) is 0.310. The summed E-state index contributed by atoms with van der Waals surface area (Å²) in [6.07, 6.45) is 1.47. The molecule has 5 nitrogen and oxygen atoms in total. The lowest BCUT2D eigenvalue weighted by molar-refractivity contribution is 0.415. The first-order chi connectivity index (χ1) is 9.15. The Kier molecular flexibility index (Phi) is 3.91. The van der Waals surface area contributed by atoms with Crippen molar-refractivity contribution in [2.75, 3.05) is 14.2 Å². The zero-order valence-corrected chi connectivity index (χ0v) is 10.7. The van der Waals surface area contributed by atoms with Crippen molar-refractivity contribution in [1.82, 2.24) is 15.3 Å². The second-order valence-electron chi connectivity index (χ2n) is 3.96. The number of hydrogen-bond acceptors (Lipinski definition) is 4. The van der Waals surface area contributed by atoms with Crippen LogP contribution in [0.1, 0.15) is 5.56 Å². The van der Waals surface area contributed by atoms with Crippen molar-refractivity contribution >= 4 is 0 Å². The lowest BCUT2D eigenvalue weighted by Crippen LogP contribution is -2.19. The second kappa shape index (κ2) is 5.62. The van der Waals surface area contributed by atoms with E-state index in [-0.39, 0.29) is 11.4 Å². The Morgan fingerprint density at radius 2 is 2.26 bits per heavy atom. The molecule has 0 spiro atoms. The third kappa shape index (κ3) is 2.79. The van der Waals surface area contributed by atoms with E-state index in [1.165, 1.54) is 31.5 Å². The van der Waals surface area contributed by atoms with Crippen LogP contribution in [-0.4, -0.2) is 24.1 Å². The highest BCUT2D eigenvalue weighted by molar-refractivity contribution is 5.63. The van der Waals surface area contributed by atoms with E-state index in [0.29, 0.717) is 23.4 Å². The molecular weight excluding hydrogens is 249 g/mol. The molecule has 0 unspecified atom stereocenters. The van der Waals surface area contributed by atoms with Crippen molar-refractivity contribution in [2.24, 2.45) is 0 Å². The number of methoxy groups -OCH3 is 1. The minimum atomic E-state index is -0.419. The molecule has 1 aromatic carbocycles. The summed E-state index contributed by atoms with van der Waals surface area (Å²) in [5.41, 5.74) is 0.669. The third-order valence-electron chi connectivity index (χ3n) is 2.66. The zero-order valence-electron chi connectivity index (χ0n) is 10.7. The van der Waals surface area contributed by atoms with Crippen molar-refractivity contribution in [2.45, 2.75) is 6.54 Å². The number of benzene rings is 1. The highest BCUT2D eigenvalue weighted by atomic mass is 19.1. The predicted octanol–water partition coefficient (Wildman–Crippen LogP) is 1.30. The van der Waals surface area contributed by atoms with Crippen LogP contribution in [0.4, 0.5) is 4.39 Å². The number of nitrogens with one attached hydrogen (secondary N) is 2. The molecule has 19 heavy (non-hydrogen) atoms. The Morgan fingerprint density at radius 3 is 2.89 bits per heavy atom. The lowest BCUT2D eigenvalue weighted by atomic mass is 10.1. The molecule has 6 heteroatoms. The van der Waals surface area contributed by atoms with Gasteiger partial charge in [-0.25, -0.2) is 9.37 Å². The lowest BCUT2D eigenvalue weighted by Gasteiger charge is -2.08. The zero-order chi connectivity index (χ0) is 13.8. The Labute approximate surface area is 109 Å². The van der Waals surface area contributed by atoms with Crippen LogP contribution in [-0.2, 0) is 6.54 Å². The number of halogens is 1. The number of ether oxygens (including phenoxy) is 1. The molecule has 1 heterocycles.